The van der Waals surface area contributed by atoms with E-state index in [1.54, 1.807) is 0 Å². The van der Waals surface area contributed by atoms with Gasteiger partial charge in [-0.05, 0) is 23.8 Å². The van der Waals surface area contributed by atoms with E-state index in [2.05, 4.69) is 15.9 Å². The molecule has 5 heteroatoms. The molecule has 0 fully saturated rings. The Balaban J connectivity index is 2.51. The lowest BCUT2D eigenvalue weighted by atomic mass is 10.2. The van der Waals surface area contributed by atoms with Gasteiger partial charge in [-0.2, -0.15) is 11.8 Å². The highest BCUT2D eigenvalue weighted by Crippen LogP contribution is 2.23. The highest BCUT2D eigenvalue weighted by Gasteiger charge is 2.08. The minimum atomic E-state index is -0.805. The lowest BCUT2D eigenvalue weighted by Crippen LogP contribution is -2.05. The molecule has 1 atom stereocenters. The molecule has 0 aliphatic carbocycles. The maximum atomic E-state index is 13.0. The number of halogens is 2. The second-order valence-electron chi connectivity index (χ2n) is 3.50. The maximum Gasteiger partial charge on any atom is 0.304 e. The number of carbonyl (C=O) groups is 1. The molecule has 1 aromatic rings. The van der Waals surface area contributed by atoms with Crippen molar-refractivity contribution >= 4 is 33.7 Å². The molecular weight excluding hydrogens is 295 g/mol. The lowest BCUT2D eigenvalue weighted by molar-refractivity contribution is -0.136. The number of rotatable bonds is 5. The monoisotopic (exact) mass is 306 g/mol. The lowest BCUT2D eigenvalue weighted by Gasteiger charge is -2.08. The van der Waals surface area contributed by atoms with Gasteiger partial charge in [-0.15, -0.1) is 0 Å². The van der Waals surface area contributed by atoms with Gasteiger partial charge in [0.1, 0.15) is 5.82 Å². The van der Waals surface area contributed by atoms with Gasteiger partial charge in [0.25, 0.3) is 0 Å². The van der Waals surface area contributed by atoms with Gasteiger partial charge in [0, 0.05) is 15.5 Å². The fourth-order valence-corrected chi connectivity index (χ4v) is 2.65. The summed E-state index contributed by atoms with van der Waals surface area (Å²) in [6.07, 6.45) is 0.126. The predicted molar refractivity (Wildman–Crippen MR) is 67.1 cm³/mol. The van der Waals surface area contributed by atoms with Crippen LogP contribution in [0.3, 0.4) is 0 Å². The fourth-order valence-electron chi connectivity index (χ4n) is 1.24. The van der Waals surface area contributed by atoms with Gasteiger partial charge in [-0.1, -0.05) is 22.9 Å². The standard InChI is InChI=1S/C11H12BrFO2S/c1-7(2-11(14)15)16-6-8-3-9(12)5-10(13)4-8/h3-5,7H,2,6H2,1H3,(H,14,15). The average Bonchev–Trinajstić information content (AvgIpc) is 2.12. The Kier molecular flexibility index (Phi) is 5.28. The number of benzene rings is 1. The molecule has 88 valence electrons. The van der Waals surface area contributed by atoms with Crippen molar-refractivity contribution in [2.75, 3.05) is 0 Å². The summed E-state index contributed by atoms with van der Waals surface area (Å²) in [5.41, 5.74) is 0.856. The molecule has 0 amide bonds. The molecule has 1 rings (SSSR count). The Hall–Kier alpha value is -0.550. The van der Waals surface area contributed by atoms with Crippen LogP contribution < -0.4 is 0 Å². The van der Waals surface area contributed by atoms with Gasteiger partial charge in [0.05, 0.1) is 6.42 Å². The summed E-state index contributed by atoms with van der Waals surface area (Å²) in [6.45, 7) is 1.85. The second-order valence-corrected chi connectivity index (χ2v) is 5.84. The molecule has 2 nitrogen and oxygen atoms in total. The summed E-state index contributed by atoms with van der Waals surface area (Å²) in [5.74, 6) is -0.471. The van der Waals surface area contributed by atoms with Gasteiger partial charge in [0.15, 0.2) is 0 Å². The van der Waals surface area contributed by atoms with Crippen LogP contribution in [-0.2, 0) is 10.5 Å². The van der Waals surface area contributed by atoms with Gasteiger partial charge in [-0.25, -0.2) is 4.39 Å². The molecule has 16 heavy (non-hydrogen) atoms. The highest BCUT2D eigenvalue weighted by atomic mass is 79.9. The Morgan fingerprint density at radius 1 is 1.56 bits per heavy atom. The summed E-state index contributed by atoms with van der Waals surface area (Å²) in [5, 5.41) is 8.62. The number of carboxylic acid groups (broad SMARTS) is 1. The van der Waals surface area contributed by atoms with Crippen LogP contribution in [0.2, 0.25) is 0 Å². The van der Waals surface area contributed by atoms with Crippen LogP contribution in [0, 0.1) is 5.82 Å². The van der Waals surface area contributed by atoms with E-state index < -0.39 is 5.97 Å². The number of hydrogen-bond donors (Lipinski definition) is 1. The molecule has 0 saturated carbocycles. The SMILES string of the molecule is CC(CC(=O)O)SCc1cc(F)cc(Br)c1. The van der Waals surface area contributed by atoms with Crippen molar-refractivity contribution in [2.45, 2.75) is 24.3 Å². The van der Waals surface area contributed by atoms with Crippen molar-refractivity contribution in [3.63, 3.8) is 0 Å². The van der Waals surface area contributed by atoms with E-state index in [4.69, 9.17) is 5.11 Å². The molecule has 1 N–H and O–H groups in total. The topological polar surface area (TPSA) is 37.3 Å². The van der Waals surface area contributed by atoms with Crippen LogP contribution in [0.4, 0.5) is 4.39 Å². The van der Waals surface area contributed by atoms with Crippen LogP contribution in [0.15, 0.2) is 22.7 Å². The smallest absolute Gasteiger partial charge is 0.304 e. The van der Waals surface area contributed by atoms with Crippen molar-refractivity contribution in [3.8, 4) is 0 Å². The summed E-state index contributed by atoms with van der Waals surface area (Å²) in [7, 11) is 0. The van der Waals surface area contributed by atoms with Gasteiger partial charge >= 0.3 is 5.97 Å². The maximum absolute atomic E-state index is 13.0. The molecule has 0 aliphatic rings. The Morgan fingerprint density at radius 3 is 2.81 bits per heavy atom. The first-order chi connectivity index (χ1) is 7.47. The minimum Gasteiger partial charge on any atom is -0.481 e. The third-order valence-electron chi connectivity index (χ3n) is 1.92. The zero-order valence-electron chi connectivity index (χ0n) is 8.74. The molecule has 0 bridgehead atoms. The van der Waals surface area contributed by atoms with E-state index in [1.165, 1.54) is 23.9 Å². The molecule has 0 saturated heterocycles. The van der Waals surface area contributed by atoms with E-state index in [0.717, 1.165) is 5.56 Å². The molecule has 0 aliphatic heterocycles. The molecule has 0 spiro atoms. The molecule has 0 aromatic heterocycles. The summed E-state index contributed by atoms with van der Waals surface area (Å²) < 4.78 is 13.7. The van der Waals surface area contributed by atoms with Crippen LogP contribution in [0.25, 0.3) is 0 Å². The summed E-state index contributed by atoms with van der Waals surface area (Å²) in [4.78, 5) is 10.4. The van der Waals surface area contributed by atoms with Gasteiger partial charge < -0.3 is 5.11 Å². The normalized spacial score (nSPS) is 12.4. The van der Waals surface area contributed by atoms with E-state index in [0.29, 0.717) is 10.2 Å². The zero-order valence-corrected chi connectivity index (χ0v) is 11.1. The quantitative estimate of drug-likeness (QED) is 0.901. The number of thioether (sulfide) groups is 1. The average molecular weight is 307 g/mol. The fraction of sp³-hybridized carbons (Fsp3) is 0.364. The van der Waals surface area contributed by atoms with Crippen LogP contribution in [0.1, 0.15) is 18.9 Å². The number of hydrogen-bond acceptors (Lipinski definition) is 2. The van der Waals surface area contributed by atoms with Crippen LogP contribution in [-0.4, -0.2) is 16.3 Å². The third kappa shape index (κ3) is 4.99. The first-order valence-electron chi connectivity index (χ1n) is 4.75. The summed E-state index contributed by atoms with van der Waals surface area (Å²) >= 11 is 4.72. The van der Waals surface area contributed by atoms with E-state index in [-0.39, 0.29) is 17.5 Å². The third-order valence-corrected chi connectivity index (χ3v) is 3.61. The Labute approximate surface area is 106 Å². The second kappa shape index (κ2) is 6.25. The van der Waals surface area contributed by atoms with E-state index in [1.807, 2.05) is 13.0 Å². The van der Waals surface area contributed by atoms with Crippen molar-refractivity contribution in [1.82, 2.24) is 0 Å². The number of aliphatic carboxylic acids is 1. The first kappa shape index (κ1) is 13.5. The van der Waals surface area contributed by atoms with E-state index >= 15 is 0 Å². The largest absolute Gasteiger partial charge is 0.481 e. The van der Waals surface area contributed by atoms with Gasteiger partial charge in [0.2, 0.25) is 0 Å². The van der Waals surface area contributed by atoms with Crippen LogP contribution >= 0.6 is 27.7 Å². The zero-order chi connectivity index (χ0) is 12.1. The minimum absolute atomic E-state index is 0.0274. The van der Waals surface area contributed by atoms with Crippen molar-refractivity contribution in [2.24, 2.45) is 0 Å². The summed E-state index contributed by atoms with van der Waals surface area (Å²) in [6, 6.07) is 4.70. The Morgan fingerprint density at radius 2 is 2.25 bits per heavy atom. The van der Waals surface area contributed by atoms with Gasteiger partial charge in [-0.3, -0.25) is 4.79 Å². The van der Waals surface area contributed by atoms with Crippen LogP contribution in [0.5, 0.6) is 0 Å². The highest BCUT2D eigenvalue weighted by molar-refractivity contribution is 9.10. The molecular formula is C11H12BrFO2S. The predicted octanol–water partition coefficient (Wildman–Crippen LogP) is 3.68. The van der Waals surface area contributed by atoms with Crippen molar-refractivity contribution < 1.29 is 14.3 Å². The first-order valence-corrected chi connectivity index (χ1v) is 6.60. The molecule has 0 heterocycles. The molecule has 0 radical (unpaired) electrons. The molecule has 1 aromatic carbocycles. The van der Waals surface area contributed by atoms with Crippen molar-refractivity contribution in [3.05, 3.63) is 34.1 Å². The van der Waals surface area contributed by atoms with Crippen molar-refractivity contribution in [1.29, 1.82) is 0 Å². The Bertz CT molecular complexity index is 364. The van der Waals surface area contributed by atoms with E-state index in [9.17, 15) is 9.18 Å². The number of carboxylic acids is 1. The molecule has 1 unspecified atom stereocenters.